The fourth-order valence-electron chi connectivity index (χ4n) is 1.87. The number of amides is 1. The van der Waals surface area contributed by atoms with Crippen LogP contribution in [0, 0.1) is 0 Å². The van der Waals surface area contributed by atoms with Crippen molar-refractivity contribution >= 4 is 27.5 Å². The first-order valence-corrected chi connectivity index (χ1v) is 7.38. The fourth-order valence-corrected chi connectivity index (χ4v) is 2.21. The molecule has 1 aromatic carbocycles. The van der Waals surface area contributed by atoms with Gasteiger partial charge in [-0.05, 0) is 24.3 Å². The molecular formula is C15H15BrN2O2. The van der Waals surface area contributed by atoms with Gasteiger partial charge in [0.1, 0.15) is 5.75 Å². The standard InChI is InChI=1S/C15H15BrN2O2/c16-9-8-15(20)18(11-12-5-3-4-10-17-12)13-6-1-2-7-14(13)19/h1-7,10,19H,8-9,11H2. The predicted octanol–water partition coefficient (Wildman–Crippen LogP) is 3.11. The molecule has 1 N–H and O–H groups in total. The van der Waals surface area contributed by atoms with Gasteiger partial charge in [0.2, 0.25) is 5.91 Å². The smallest absolute Gasteiger partial charge is 0.228 e. The molecule has 1 amide bonds. The molecule has 0 aliphatic heterocycles. The maximum absolute atomic E-state index is 12.3. The van der Waals surface area contributed by atoms with Gasteiger partial charge < -0.3 is 10.0 Å². The number of carbonyl (C=O) groups is 1. The Bertz CT molecular complexity index is 575. The van der Waals surface area contributed by atoms with Crippen LogP contribution in [0.2, 0.25) is 0 Å². The van der Waals surface area contributed by atoms with Crippen LogP contribution in [0.1, 0.15) is 12.1 Å². The highest BCUT2D eigenvalue weighted by Crippen LogP contribution is 2.28. The number of anilines is 1. The summed E-state index contributed by atoms with van der Waals surface area (Å²) in [5.41, 5.74) is 1.28. The second-order valence-corrected chi connectivity index (χ2v) is 5.02. The van der Waals surface area contributed by atoms with Gasteiger partial charge in [0.15, 0.2) is 0 Å². The largest absolute Gasteiger partial charge is 0.506 e. The highest BCUT2D eigenvalue weighted by molar-refractivity contribution is 9.09. The Balaban J connectivity index is 2.30. The van der Waals surface area contributed by atoms with Gasteiger partial charge in [0.25, 0.3) is 0 Å². The molecule has 0 saturated heterocycles. The third-order valence-electron chi connectivity index (χ3n) is 2.83. The molecule has 1 heterocycles. The van der Waals surface area contributed by atoms with Gasteiger partial charge in [0, 0.05) is 17.9 Å². The number of hydrogen-bond acceptors (Lipinski definition) is 3. The lowest BCUT2D eigenvalue weighted by Gasteiger charge is -2.23. The van der Waals surface area contributed by atoms with Crippen molar-refractivity contribution in [3.8, 4) is 5.75 Å². The van der Waals surface area contributed by atoms with Crippen LogP contribution in [0.3, 0.4) is 0 Å². The number of hydrogen-bond donors (Lipinski definition) is 1. The Morgan fingerprint density at radius 1 is 1.20 bits per heavy atom. The van der Waals surface area contributed by atoms with E-state index in [2.05, 4.69) is 20.9 Å². The quantitative estimate of drug-likeness (QED) is 0.855. The van der Waals surface area contributed by atoms with Gasteiger partial charge >= 0.3 is 0 Å². The molecule has 0 unspecified atom stereocenters. The normalized spacial score (nSPS) is 10.2. The summed E-state index contributed by atoms with van der Waals surface area (Å²) in [6.07, 6.45) is 2.05. The molecule has 4 nitrogen and oxygen atoms in total. The van der Waals surface area contributed by atoms with E-state index in [1.165, 1.54) is 0 Å². The topological polar surface area (TPSA) is 53.4 Å². The molecule has 2 aromatic rings. The van der Waals surface area contributed by atoms with E-state index >= 15 is 0 Å². The van der Waals surface area contributed by atoms with Gasteiger partial charge in [0.05, 0.1) is 17.9 Å². The van der Waals surface area contributed by atoms with Crippen LogP contribution < -0.4 is 4.90 Å². The summed E-state index contributed by atoms with van der Waals surface area (Å²) in [5.74, 6) is 0.0281. The summed E-state index contributed by atoms with van der Waals surface area (Å²) >= 11 is 3.27. The number of phenols is 1. The van der Waals surface area contributed by atoms with Gasteiger partial charge in [-0.1, -0.05) is 34.1 Å². The van der Waals surface area contributed by atoms with Gasteiger partial charge in [-0.15, -0.1) is 0 Å². The molecule has 0 spiro atoms. The lowest BCUT2D eigenvalue weighted by Crippen LogP contribution is -2.30. The second-order valence-electron chi connectivity index (χ2n) is 4.23. The first kappa shape index (κ1) is 14.5. The van der Waals surface area contributed by atoms with Crippen LogP contribution in [0.4, 0.5) is 5.69 Å². The zero-order valence-corrected chi connectivity index (χ0v) is 12.5. The van der Waals surface area contributed by atoms with Crippen molar-refractivity contribution in [2.75, 3.05) is 10.2 Å². The first-order valence-electron chi connectivity index (χ1n) is 6.26. The van der Waals surface area contributed by atoms with Crippen LogP contribution >= 0.6 is 15.9 Å². The van der Waals surface area contributed by atoms with Crippen LogP contribution in [-0.2, 0) is 11.3 Å². The monoisotopic (exact) mass is 334 g/mol. The lowest BCUT2D eigenvalue weighted by atomic mass is 10.2. The van der Waals surface area contributed by atoms with Crippen molar-refractivity contribution in [3.05, 3.63) is 54.4 Å². The highest BCUT2D eigenvalue weighted by Gasteiger charge is 2.18. The average molecular weight is 335 g/mol. The number of carbonyl (C=O) groups excluding carboxylic acids is 1. The van der Waals surface area contributed by atoms with Gasteiger partial charge in [-0.25, -0.2) is 0 Å². The molecule has 0 radical (unpaired) electrons. The minimum absolute atomic E-state index is 0.0611. The first-order chi connectivity index (χ1) is 9.72. The number of alkyl halides is 1. The van der Waals surface area contributed by atoms with Crippen molar-refractivity contribution in [1.29, 1.82) is 0 Å². The molecule has 20 heavy (non-hydrogen) atoms. The Kier molecular flexibility index (Phi) is 5.12. The molecule has 0 aliphatic rings. The fraction of sp³-hybridized carbons (Fsp3) is 0.200. The van der Waals surface area contributed by atoms with Crippen LogP contribution in [-0.4, -0.2) is 21.3 Å². The predicted molar refractivity (Wildman–Crippen MR) is 81.9 cm³/mol. The number of halogens is 1. The molecular weight excluding hydrogens is 320 g/mol. The van der Waals surface area contributed by atoms with E-state index < -0.39 is 0 Å². The number of phenolic OH excluding ortho intramolecular Hbond substituents is 1. The molecule has 0 saturated carbocycles. The number of benzene rings is 1. The highest BCUT2D eigenvalue weighted by atomic mass is 79.9. The Morgan fingerprint density at radius 2 is 1.95 bits per heavy atom. The van der Waals surface area contributed by atoms with E-state index in [0.29, 0.717) is 24.0 Å². The summed E-state index contributed by atoms with van der Waals surface area (Å²) in [4.78, 5) is 18.0. The number of pyridine rings is 1. The number of nitrogens with zero attached hydrogens (tertiary/aromatic N) is 2. The summed E-state index contributed by atoms with van der Waals surface area (Å²) in [6.45, 7) is 0.338. The molecule has 0 bridgehead atoms. The summed E-state index contributed by atoms with van der Waals surface area (Å²) in [6, 6.07) is 12.4. The zero-order chi connectivity index (χ0) is 14.4. The van der Waals surface area contributed by atoms with Crippen molar-refractivity contribution in [2.45, 2.75) is 13.0 Å². The van der Waals surface area contributed by atoms with Crippen molar-refractivity contribution < 1.29 is 9.90 Å². The lowest BCUT2D eigenvalue weighted by molar-refractivity contribution is -0.118. The summed E-state index contributed by atoms with van der Waals surface area (Å²) < 4.78 is 0. The minimum Gasteiger partial charge on any atom is -0.506 e. The molecule has 0 aliphatic carbocycles. The summed E-state index contributed by atoms with van der Waals surface area (Å²) in [7, 11) is 0. The number of aromatic nitrogens is 1. The van der Waals surface area contributed by atoms with Crippen LogP contribution in [0.5, 0.6) is 5.75 Å². The average Bonchev–Trinajstić information content (AvgIpc) is 2.47. The van der Waals surface area contributed by atoms with Crippen molar-refractivity contribution in [3.63, 3.8) is 0 Å². The summed E-state index contributed by atoms with van der Waals surface area (Å²) in [5, 5.41) is 10.5. The number of aromatic hydroxyl groups is 1. The molecule has 104 valence electrons. The van der Waals surface area contributed by atoms with E-state index in [1.54, 1.807) is 35.4 Å². The van der Waals surface area contributed by atoms with Crippen molar-refractivity contribution in [2.24, 2.45) is 0 Å². The molecule has 5 heteroatoms. The van der Waals surface area contributed by atoms with E-state index in [9.17, 15) is 9.90 Å². The van der Waals surface area contributed by atoms with E-state index in [1.807, 2.05) is 18.2 Å². The zero-order valence-electron chi connectivity index (χ0n) is 10.9. The third kappa shape index (κ3) is 3.57. The van der Waals surface area contributed by atoms with E-state index in [4.69, 9.17) is 0 Å². The molecule has 1 aromatic heterocycles. The Morgan fingerprint density at radius 3 is 2.60 bits per heavy atom. The number of para-hydroxylation sites is 2. The molecule has 2 rings (SSSR count). The van der Waals surface area contributed by atoms with E-state index in [-0.39, 0.29) is 11.7 Å². The molecule has 0 atom stereocenters. The van der Waals surface area contributed by atoms with Crippen LogP contribution in [0.25, 0.3) is 0 Å². The minimum atomic E-state index is -0.0611. The van der Waals surface area contributed by atoms with Gasteiger partial charge in [-0.3, -0.25) is 9.78 Å². The Hall–Kier alpha value is -1.88. The van der Waals surface area contributed by atoms with Crippen LogP contribution in [0.15, 0.2) is 48.7 Å². The Labute approximate surface area is 126 Å². The van der Waals surface area contributed by atoms with Gasteiger partial charge in [-0.2, -0.15) is 0 Å². The molecule has 0 fully saturated rings. The third-order valence-corrected chi connectivity index (χ3v) is 3.22. The SMILES string of the molecule is O=C(CCBr)N(Cc1ccccn1)c1ccccc1O. The van der Waals surface area contributed by atoms with E-state index in [0.717, 1.165) is 5.69 Å². The van der Waals surface area contributed by atoms with Crippen molar-refractivity contribution in [1.82, 2.24) is 4.98 Å². The maximum Gasteiger partial charge on any atom is 0.228 e. The maximum atomic E-state index is 12.3. The number of rotatable bonds is 5. The second kappa shape index (κ2) is 7.05.